The van der Waals surface area contributed by atoms with Crippen molar-refractivity contribution in [1.82, 2.24) is 20.4 Å². The number of carbonyl (C=O) groups excluding carboxylic acids is 2. The Morgan fingerprint density at radius 3 is 1.78 bits per heavy atom. The molecule has 0 aromatic rings. The summed E-state index contributed by atoms with van der Waals surface area (Å²) in [5.41, 5.74) is 0. The monoisotopic (exact) mass is 290 g/mol. The van der Waals surface area contributed by atoms with E-state index >= 15 is 0 Å². The largest absolute Gasteiger partial charge is 0.323 e. The molecule has 0 aromatic heterocycles. The van der Waals surface area contributed by atoms with E-state index in [4.69, 9.17) is 0 Å². The molecule has 8 heteroatoms. The zero-order valence-electron chi connectivity index (χ0n) is 10.0. The van der Waals surface area contributed by atoms with E-state index in [1.165, 1.54) is 0 Å². The van der Waals surface area contributed by atoms with Crippen LogP contribution in [0, 0.1) is 0 Å². The normalized spacial score (nSPS) is 26.3. The highest BCUT2D eigenvalue weighted by Gasteiger charge is 2.50. The van der Waals surface area contributed by atoms with Gasteiger partial charge >= 0.3 is 12.1 Å². The summed E-state index contributed by atoms with van der Waals surface area (Å²) in [5.74, 6) is 1.44. The van der Waals surface area contributed by atoms with E-state index in [2.05, 4.69) is 35.9 Å². The molecule has 0 bridgehead atoms. The van der Waals surface area contributed by atoms with Crippen molar-refractivity contribution in [3.8, 4) is 0 Å². The standard InChI is InChI=1S/C10H18N4O2S2/c15-9-11-7-8(12-9)14(4-2-6-18)10(16)13(7)3-1-5-17/h7-8,17-18H,1-6H2,(H2,11,12,15). The predicted octanol–water partition coefficient (Wildman–Crippen LogP) is 0.329. The molecule has 2 aliphatic rings. The molecule has 2 atom stereocenters. The van der Waals surface area contributed by atoms with Crippen LogP contribution in [0.15, 0.2) is 0 Å². The number of nitrogens with one attached hydrogen (secondary N) is 2. The smallest absolute Gasteiger partial charge is 0.314 e. The fourth-order valence-electron chi connectivity index (χ4n) is 2.32. The van der Waals surface area contributed by atoms with Crippen LogP contribution in [0.4, 0.5) is 9.59 Å². The molecular weight excluding hydrogens is 272 g/mol. The zero-order chi connectivity index (χ0) is 13.1. The van der Waals surface area contributed by atoms with Gasteiger partial charge in [-0.2, -0.15) is 25.3 Å². The number of urea groups is 2. The van der Waals surface area contributed by atoms with Crippen LogP contribution in [-0.4, -0.2) is 58.8 Å². The van der Waals surface area contributed by atoms with Gasteiger partial charge in [-0.05, 0) is 24.3 Å². The first-order valence-electron chi connectivity index (χ1n) is 6.05. The average molecular weight is 290 g/mol. The first-order chi connectivity index (χ1) is 8.69. The predicted molar refractivity (Wildman–Crippen MR) is 75.0 cm³/mol. The molecule has 4 amide bonds. The van der Waals surface area contributed by atoms with Gasteiger partial charge in [0.05, 0.1) is 0 Å². The fraction of sp³-hybridized carbons (Fsp3) is 0.800. The molecule has 18 heavy (non-hydrogen) atoms. The lowest BCUT2D eigenvalue weighted by Gasteiger charge is -2.21. The number of fused-ring (bicyclic) bond motifs is 1. The Kier molecular flexibility index (Phi) is 4.50. The molecule has 2 unspecified atom stereocenters. The highest BCUT2D eigenvalue weighted by Crippen LogP contribution is 2.23. The summed E-state index contributed by atoms with van der Waals surface area (Å²) in [6, 6.07) is -0.245. The second kappa shape index (κ2) is 5.92. The molecular formula is C10H18N4O2S2. The molecule has 2 rings (SSSR count). The summed E-state index contributed by atoms with van der Waals surface area (Å²) in [4.78, 5) is 27.0. The van der Waals surface area contributed by atoms with Crippen molar-refractivity contribution in [2.75, 3.05) is 24.6 Å². The third-order valence-corrected chi connectivity index (χ3v) is 3.77. The lowest BCUT2D eigenvalue weighted by molar-refractivity contribution is 0.178. The van der Waals surface area contributed by atoms with Crippen LogP contribution in [0.5, 0.6) is 0 Å². The number of rotatable bonds is 6. The van der Waals surface area contributed by atoms with Gasteiger partial charge < -0.3 is 20.4 Å². The summed E-state index contributed by atoms with van der Waals surface area (Å²) >= 11 is 8.30. The quantitative estimate of drug-likeness (QED) is 0.533. The number of hydrogen-bond acceptors (Lipinski definition) is 4. The second-order valence-corrected chi connectivity index (χ2v) is 5.23. The summed E-state index contributed by atoms with van der Waals surface area (Å²) in [6.45, 7) is 1.23. The molecule has 2 aliphatic heterocycles. The lowest BCUT2D eigenvalue weighted by atomic mass is 10.3. The number of carbonyl (C=O) groups is 2. The van der Waals surface area contributed by atoms with Gasteiger partial charge in [0.2, 0.25) is 0 Å². The topological polar surface area (TPSA) is 64.7 Å². The minimum absolute atomic E-state index is 0.0268. The van der Waals surface area contributed by atoms with E-state index in [0.717, 1.165) is 24.3 Å². The Morgan fingerprint density at radius 1 is 0.944 bits per heavy atom. The maximum Gasteiger partial charge on any atom is 0.323 e. The molecule has 0 aromatic carbocycles. The van der Waals surface area contributed by atoms with Crippen molar-refractivity contribution in [3.63, 3.8) is 0 Å². The van der Waals surface area contributed by atoms with Gasteiger partial charge in [-0.1, -0.05) is 0 Å². The minimum Gasteiger partial charge on any atom is -0.314 e. The Labute approximate surface area is 117 Å². The molecule has 0 radical (unpaired) electrons. The van der Waals surface area contributed by atoms with E-state index in [-0.39, 0.29) is 24.4 Å². The Hall–Kier alpha value is -0.760. The molecule has 2 saturated heterocycles. The first kappa shape index (κ1) is 13.7. The molecule has 2 N–H and O–H groups in total. The summed E-state index contributed by atoms with van der Waals surface area (Å²) in [6.07, 6.45) is 1.11. The van der Waals surface area contributed by atoms with Crippen LogP contribution < -0.4 is 10.6 Å². The summed E-state index contributed by atoms with van der Waals surface area (Å²) in [5, 5.41) is 5.56. The van der Waals surface area contributed by atoms with Crippen molar-refractivity contribution >= 4 is 37.3 Å². The minimum atomic E-state index is -0.259. The van der Waals surface area contributed by atoms with Crippen LogP contribution >= 0.6 is 25.3 Å². The molecule has 0 spiro atoms. The van der Waals surface area contributed by atoms with Gasteiger partial charge in [-0.15, -0.1) is 0 Å². The number of amides is 4. The summed E-state index contributed by atoms with van der Waals surface area (Å²) < 4.78 is 0. The van der Waals surface area contributed by atoms with E-state index < -0.39 is 0 Å². The van der Waals surface area contributed by atoms with Gasteiger partial charge in [0.15, 0.2) is 0 Å². The van der Waals surface area contributed by atoms with Crippen LogP contribution in [0.25, 0.3) is 0 Å². The number of hydrogen-bond donors (Lipinski definition) is 4. The molecule has 102 valence electrons. The molecule has 2 fully saturated rings. The molecule has 2 heterocycles. The van der Waals surface area contributed by atoms with Crippen LogP contribution in [0.2, 0.25) is 0 Å². The van der Waals surface area contributed by atoms with Crippen LogP contribution in [0.1, 0.15) is 12.8 Å². The van der Waals surface area contributed by atoms with Crippen molar-refractivity contribution in [2.45, 2.75) is 25.2 Å². The Balaban J connectivity index is 2.07. The maximum absolute atomic E-state index is 12.2. The Bertz CT molecular complexity index is 314. The fourth-order valence-corrected chi connectivity index (χ4v) is 2.60. The average Bonchev–Trinajstić information content (AvgIpc) is 2.81. The highest BCUT2D eigenvalue weighted by atomic mass is 32.1. The van der Waals surface area contributed by atoms with Crippen molar-refractivity contribution < 1.29 is 9.59 Å². The van der Waals surface area contributed by atoms with E-state index in [0.29, 0.717) is 13.1 Å². The zero-order valence-corrected chi connectivity index (χ0v) is 11.8. The highest BCUT2D eigenvalue weighted by molar-refractivity contribution is 7.80. The molecule has 6 nitrogen and oxygen atoms in total. The van der Waals surface area contributed by atoms with E-state index in [1.807, 2.05) is 0 Å². The second-order valence-electron chi connectivity index (χ2n) is 4.33. The van der Waals surface area contributed by atoms with Gasteiger partial charge in [-0.3, -0.25) is 0 Å². The third-order valence-electron chi connectivity index (χ3n) is 3.13. The SMILES string of the molecule is O=C1NC2C(N1)N(CCCS)C(=O)N2CCCS. The first-order valence-corrected chi connectivity index (χ1v) is 7.31. The van der Waals surface area contributed by atoms with Gasteiger partial charge in [0.25, 0.3) is 0 Å². The van der Waals surface area contributed by atoms with Crippen molar-refractivity contribution in [3.05, 3.63) is 0 Å². The van der Waals surface area contributed by atoms with Crippen LogP contribution in [0.3, 0.4) is 0 Å². The van der Waals surface area contributed by atoms with E-state index in [9.17, 15) is 9.59 Å². The summed E-state index contributed by atoms with van der Waals surface area (Å²) in [7, 11) is 0. The number of nitrogens with zero attached hydrogens (tertiary/aromatic N) is 2. The lowest BCUT2D eigenvalue weighted by Crippen LogP contribution is -2.44. The van der Waals surface area contributed by atoms with Gasteiger partial charge in [0, 0.05) is 13.1 Å². The molecule has 0 saturated carbocycles. The van der Waals surface area contributed by atoms with Gasteiger partial charge in [0.1, 0.15) is 12.3 Å². The Morgan fingerprint density at radius 2 is 1.39 bits per heavy atom. The third kappa shape index (κ3) is 2.49. The molecule has 0 aliphatic carbocycles. The number of thiol groups is 2. The maximum atomic E-state index is 12.2. The van der Waals surface area contributed by atoms with E-state index in [1.54, 1.807) is 9.80 Å². The van der Waals surface area contributed by atoms with Crippen molar-refractivity contribution in [2.24, 2.45) is 0 Å². The van der Waals surface area contributed by atoms with Crippen molar-refractivity contribution in [1.29, 1.82) is 0 Å². The van der Waals surface area contributed by atoms with Crippen LogP contribution in [-0.2, 0) is 0 Å². The van der Waals surface area contributed by atoms with Gasteiger partial charge in [-0.25, -0.2) is 9.59 Å².